The fourth-order valence-electron chi connectivity index (χ4n) is 3.86. The molecular formula is C22H20N8O3. The van der Waals surface area contributed by atoms with Crippen LogP contribution in [0.15, 0.2) is 54.9 Å². The zero-order valence-electron chi connectivity index (χ0n) is 17.8. The Bertz CT molecular complexity index is 1330. The van der Waals surface area contributed by atoms with Crippen molar-refractivity contribution in [3.05, 3.63) is 76.1 Å². The number of nitrogens with zero attached hydrogens (tertiary/aromatic N) is 8. The van der Waals surface area contributed by atoms with E-state index in [4.69, 9.17) is 0 Å². The molecule has 1 saturated heterocycles. The molecule has 1 amide bonds. The van der Waals surface area contributed by atoms with Crippen LogP contribution in [-0.2, 0) is 0 Å². The molecule has 0 bridgehead atoms. The van der Waals surface area contributed by atoms with Gasteiger partial charge in [0.2, 0.25) is 0 Å². The number of rotatable bonds is 4. The van der Waals surface area contributed by atoms with Gasteiger partial charge < -0.3 is 9.80 Å². The number of aryl methyl sites for hydroxylation is 1. The van der Waals surface area contributed by atoms with Gasteiger partial charge in [-0.3, -0.25) is 14.9 Å². The average molecular weight is 444 g/mol. The zero-order chi connectivity index (χ0) is 22.9. The normalized spacial score (nSPS) is 14.0. The van der Waals surface area contributed by atoms with Gasteiger partial charge in [-0.05, 0) is 31.2 Å². The number of anilines is 1. The number of aromatic nitrogens is 5. The first-order valence-corrected chi connectivity index (χ1v) is 10.4. The number of nitro benzene ring substituents is 1. The Morgan fingerprint density at radius 1 is 0.970 bits per heavy atom. The second kappa shape index (κ2) is 8.26. The van der Waals surface area contributed by atoms with Crippen LogP contribution >= 0.6 is 0 Å². The van der Waals surface area contributed by atoms with E-state index in [0.29, 0.717) is 48.7 Å². The fourth-order valence-corrected chi connectivity index (χ4v) is 3.86. The lowest BCUT2D eigenvalue weighted by Crippen LogP contribution is -2.49. The lowest BCUT2D eigenvalue weighted by molar-refractivity contribution is -0.384. The van der Waals surface area contributed by atoms with E-state index < -0.39 is 4.92 Å². The summed E-state index contributed by atoms with van der Waals surface area (Å²) < 4.78 is 1.69. The van der Waals surface area contributed by atoms with Crippen LogP contribution in [0, 0.1) is 17.0 Å². The molecule has 1 fully saturated rings. The fraction of sp³-hybridized carbons (Fsp3) is 0.227. The monoisotopic (exact) mass is 444 g/mol. The third-order valence-electron chi connectivity index (χ3n) is 5.69. The predicted molar refractivity (Wildman–Crippen MR) is 120 cm³/mol. The first-order valence-electron chi connectivity index (χ1n) is 10.4. The van der Waals surface area contributed by atoms with Crippen LogP contribution in [0.1, 0.15) is 15.9 Å². The van der Waals surface area contributed by atoms with E-state index in [1.54, 1.807) is 9.58 Å². The van der Waals surface area contributed by atoms with Crippen LogP contribution < -0.4 is 4.90 Å². The number of carbonyl (C=O) groups excluding carboxylic acids is 1. The number of piperazine rings is 1. The summed E-state index contributed by atoms with van der Waals surface area (Å²) in [5.41, 5.74) is 3.63. The smallest absolute Gasteiger partial charge is 0.269 e. The Morgan fingerprint density at radius 3 is 2.33 bits per heavy atom. The molecule has 33 heavy (non-hydrogen) atoms. The first kappa shape index (κ1) is 20.5. The van der Waals surface area contributed by atoms with Gasteiger partial charge in [-0.25, -0.2) is 9.97 Å². The zero-order valence-corrected chi connectivity index (χ0v) is 17.8. The quantitative estimate of drug-likeness (QED) is 0.347. The van der Waals surface area contributed by atoms with Gasteiger partial charge in [0.1, 0.15) is 6.33 Å². The highest BCUT2D eigenvalue weighted by molar-refractivity contribution is 5.94. The standard InChI is InChI=1S/C22H20N8O3/c1-15-2-6-17(7-3-15)29-21-19(25-26-29)20(23-14-24-21)27-10-12-28(13-11-27)22(31)16-4-8-18(9-5-16)30(32)33/h2-9,14H,10-13H2,1H3. The summed E-state index contributed by atoms with van der Waals surface area (Å²) in [5.74, 6) is 0.531. The highest BCUT2D eigenvalue weighted by Crippen LogP contribution is 2.24. The second-order valence-electron chi connectivity index (χ2n) is 7.79. The molecule has 2 aromatic heterocycles. The summed E-state index contributed by atoms with van der Waals surface area (Å²) in [4.78, 5) is 35.8. The van der Waals surface area contributed by atoms with Crippen molar-refractivity contribution in [2.45, 2.75) is 6.92 Å². The van der Waals surface area contributed by atoms with Crippen molar-refractivity contribution in [1.29, 1.82) is 0 Å². The van der Waals surface area contributed by atoms with Crippen molar-refractivity contribution in [2.75, 3.05) is 31.1 Å². The molecule has 0 unspecified atom stereocenters. The number of hydrogen-bond acceptors (Lipinski definition) is 8. The minimum absolute atomic E-state index is 0.0390. The average Bonchev–Trinajstić information content (AvgIpc) is 3.28. The summed E-state index contributed by atoms with van der Waals surface area (Å²) in [5, 5.41) is 19.4. The third kappa shape index (κ3) is 3.84. The lowest BCUT2D eigenvalue weighted by Gasteiger charge is -2.35. The van der Waals surface area contributed by atoms with Gasteiger partial charge in [0, 0.05) is 43.9 Å². The number of benzene rings is 2. The number of carbonyl (C=O) groups is 1. The summed E-state index contributed by atoms with van der Waals surface area (Å²) >= 11 is 0. The Morgan fingerprint density at radius 2 is 1.67 bits per heavy atom. The molecule has 0 aliphatic carbocycles. The number of amides is 1. The van der Waals surface area contributed by atoms with Gasteiger partial charge >= 0.3 is 0 Å². The van der Waals surface area contributed by atoms with E-state index in [1.807, 2.05) is 31.2 Å². The third-order valence-corrected chi connectivity index (χ3v) is 5.69. The maximum atomic E-state index is 12.8. The number of hydrogen-bond donors (Lipinski definition) is 0. The van der Waals surface area contributed by atoms with E-state index >= 15 is 0 Å². The molecule has 4 aromatic rings. The molecule has 0 atom stereocenters. The molecule has 2 aromatic carbocycles. The molecular weight excluding hydrogens is 424 g/mol. The largest absolute Gasteiger partial charge is 0.351 e. The van der Waals surface area contributed by atoms with Crippen molar-refractivity contribution in [2.24, 2.45) is 0 Å². The first-order chi connectivity index (χ1) is 16.0. The minimum atomic E-state index is -0.482. The molecule has 5 rings (SSSR count). The number of non-ortho nitro benzene ring substituents is 1. The Balaban J connectivity index is 1.33. The number of fused-ring (bicyclic) bond motifs is 1. The maximum absolute atomic E-state index is 12.8. The predicted octanol–water partition coefficient (Wildman–Crippen LogP) is 2.39. The molecule has 166 valence electrons. The highest BCUT2D eigenvalue weighted by atomic mass is 16.6. The minimum Gasteiger partial charge on any atom is -0.351 e. The van der Waals surface area contributed by atoms with Crippen LogP contribution in [0.25, 0.3) is 16.9 Å². The molecule has 0 saturated carbocycles. The van der Waals surface area contributed by atoms with E-state index in [1.165, 1.54) is 30.6 Å². The Labute approximate surface area is 188 Å². The summed E-state index contributed by atoms with van der Waals surface area (Å²) in [6.45, 7) is 4.15. The molecule has 0 spiro atoms. The van der Waals surface area contributed by atoms with E-state index in [9.17, 15) is 14.9 Å². The van der Waals surface area contributed by atoms with Crippen LogP contribution in [0.2, 0.25) is 0 Å². The van der Waals surface area contributed by atoms with Gasteiger partial charge in [-0.1, -0.05) is 22.9 Å². The highest BCUT2D eigenvalue weighted by Gasteiger charge is 2.25. The maximum Gasteiger partial charge on any atom is 0.269 e. The summed E-state index contributed by atoms with van der Waals surface area (Å²) in [7, 11) is 0. The van der Waals surface area contributed by atoms with Crippen LogP contribution in [-0.4, -0.2) is 66.9 Å². The molecule has 11 heteroatoms. The molecule has 0 radical (unpaired) electrons. The van der Waals surface area contributed by atoms with Crippen molar-refractivity contribution in [3.8, 4) is 5.69 Å². The Hall–Kier alpha value is -4.41. The van der Waals surface area contributed by atoms with Crippen LogP contribution in [0.5, 0.6) is 0 Å². The lowest BCUT2D eigenvalue weighted by atomic mass is 10.1. The van der Waals surface area contributed by atoms with Crippen molar-refractivity contribution in [3.63, 3.8) is 0 Å². The van der Waals surface area contributed by atoms with Gasteiger partial charge in [-0.15, -0.1) is 5.10 Å². The van der Waals surface area contributed by atoms with Crippen LogP contribution in [0.3, 0.4) is 0 Å². The molecule has 0 N–H and O–H groups in total. The van der Waals surface area contributed by atoms with Gasteiger partial charge in [-0.2, -0.15) is 4.68 Å². The summed E-state index contributed by atoms with van der Waals surface area (Å²) in [6.07, 6.45) is 1.50. The van der Waals surface area contributed by atoms with Crippen LogP contribution in [0.4, 0.5) is 11.5 Å². The van der Waals surface area contributed by atoms with E-state index in [0.717, 1.165) is 11.3 Å². The topological polar surface area (TPSA) is 123 Å². The SMILES string of the molecule is Cc1ccc(-n2nnc3c(N4CCN(C(=O)c5ccc([N+](=O)[O-])cc5)CC4)ncnc32)cc1. The molecule has 3 heterocycles. The van der Waals surface area contributed by atoms with E-state index in [2.05, 4.69) is 25.2 Å². The van der Waals surface area contributed by atoms with E-state index in [-0.39, 0.29) is 11.6 Å². The summed E-state index contributed by atoms with van der Waals surface area (Å²) in [6, 6.07) is 13.6. The van der Waals surface area contributed by atoms with Crippen molar-refractivity contribution < 1.29 is 9.72 Å². The van der Waals surface area contributed by atoms with Gasteiger partial charge in [0.05, 0.1) is 10.6 Å². The Kier molecular flexibility index (Phi) is 5.13. The van der Waals surface area contributed by atoms with Gasteiger partial charge in [0.15, 0.2) is 17.0 Å². The van der Waals surface area contributed by atoms with Crippen molar-refractivity contribution >= 4 is 28.6 Å². The molecule has 1 aliphatic heterocycles. The second-order valence-corrected chi connectivity index (χ2v) is 7.79. The number of nitro groups is 1. The van der Waals surface area contributed by atoms with Gasteiger partial charge in [0.25, 0.3) is 11.6 Å². The molecule has 1 aliphatic rings. The van der Waals surface area contributed by atoms with Crippen molar-refractivity contribution in [1.82, 2.24) is 29.9 Å². The molecule has 11 nitrogen and oxygen atoms in total.